The van der Waals surface area contributed by atoms with Gasteiger partial charge in [-0.3, -0.25) is 0 Å². The summed E-state index contributed by atoms with van der Waals surface area (Å²) in [6, 6.07) is 13.9. The molecule has 3 N–H and O–H groups in total. The molecule has 0 aliphatic rings. The van der Waals surface area contributed by atoms with Gasteiger partial charge in [0.1, 0.15) is 12.4 Å². The lowest BCUT2D eigenvalue weighted by molar-refractivity contribution is 0.314. The SMILES string of the molecule is CC(C)(C)c1ccccc1OCCNS(=O)(=O)c1ccc(N)cc1. The first-order valence-electron chi connectivity index (χ1n) is 7.78. The van der Waals surface area contributed by atoms with Crippen LogP contribution in [0.4, 0.5) is 5.69 Å². The molecule has 24 heavy (non-hydrogen) atoms. The number of ether oxygens (including phenoxy) is 1. The fourth-order valence-electron chi connectivity index (χ4n) is 2.28. The van der Waals surface area contributed by atoms with E-state index in [9.17, 15) is 8.42 Å². The van der Waals surface area contributed by atoms with E-state index in [0.717, 1.165) is 11.3 Å². The lowest BCUT2D eigenvalue weighted by Gasteiger charge is -2.22. The molecule has 2 aromatic carbocycles. The summed E-state index contributed by atoms with van der Waals surface area (Å²) in [6.45, 7) is 6.77. The van der Waals surface area contributed by atoms with E-state index < -0.39 is 10.0 Å². The zero-order valence-corrected chi connectivity index (χ0v) is 15.1. The average molecular weight is 348 g/mol. The summed E-state index contributed by atoms with van der Waals surface area (Å²) in [5.41, 5.74) is 7.14. The number of hydrogen-bond donors (Lipinski definition) is 2. The highest BCUT2D eigenvalue weighted by Crippen LogP contribution is 2.30. The summed E-state index contributed by atoms with van der Waals surface area (Å²) < 4.78 is 32.6. The zero-order chi connectivity index (χ0) is 17.8. The Balaban J connectivity index is 1.95. The summed E-state index contributed by atoms with van der Waals surface area (Å²) in [7, 11) is -3.56. The van der Waals surface area contributed by atoms with Gasteiger partial charge in [-0.05, 0) is 41.3 Å². The van der Waals surface area contributed by atoms with E-state index in [1.165, 1.54) is 12.1 Å². The molecule has 6 heteroatoms. The van der Waals surface area contributed by atoms with Crippen LogP contribution in [0, 0.1) is 0 Å². The number of benzene rings is 2. The van der Waals surface area contributed by atoms with Gasteiger partial charge in [-0.1, -0.05) is 39.0 Å². The van der Waals surface area contributed by atoms with Crippen LogP contribution in [-0.4, -0.2) is 21.6 Å². The molecule has 0 heterocycles. The molecule has 0 saturated heterocycles. The summed E-state index contributed by atoms with van der Waals surface area (Å²) in [4.78, 5) is 0.187. The standard InChI is InChI=1S/C18H24N2O3S/c1-18(2,3)16-6-4-5-7-17(16)23-13-12-20-24(21,22)15-10-8-14(19)9-11-15/h4-11,20H,12-13,19H2,1-3H3. The molecule has 0 amide bonds. The van der Waals surface area contributed by atoms with Crippen molar-refractivity contribution in [3.63, 3.8) is 0 Å². The Kier molecular flexibility index (Phi) is 5.51. The maximum atomic E-state index is 12.2. The van der Waals surface area contributed by atoms with Crippen molar-refractivity contribution in [1.82, 2.24) is 4.72 Å². The van der Waals surface area contributed by atoms with Crippen LogP contribution in [0.15, 0.2) is 53.4 Å². The van der Waals surface area contributed by atoms with Crippen LogP contribution in [0.5, 0.6) is 5.75 Å². The topological polar surface area (TPSA) is 81.4 Å². The van der Waals surface area contributed by atoms with Crippen molar-refractivity contribution in [2.24, 2.45) is 0 Å². The van der Waals surface area contributed by atoms with E-state index in [0.29, 0.717) is 5.69 Å². The normalized spacial score (nSPS) is 12.1. The molecule has 0 fully saturated rings. The molecular formula is C18H24N2O3S. The van der Waals surface area contributed by atoms with Crippen LogP contribution in [-0.2, 0) is 15.4 Å². The lowest BCUT2D eigenvalue weighted by atomic mass is 9.86. The smallest absolute Gasteiger partial charge is 0.240 e. The minimum Gasteiger partial charge on any atom is -0.492 e. The highest BCUT2D eigenvalue weighted by atomic mass is 32.2. The van der Waals surface area contributed by atoms with E-state index >= 15 is 0 Å². The Morgan fingerprint density at radius 3 is 2.29 bits per heavy atom. The minimum absolute atomic E-state index is 0.0416. The predicted octanol–water partition coefficient (Wildman–Crippen LogP) is 2.92. The highest BCUT2D eigenvalue weighted by molar-refractivity contribution is 7.89. The fourth-order valence-corrected chi connectivity index (χ4v) is 3.29. The Labute approximate surface area is 143 Å². The first-order chi connectivity index (χ1) is 11.2. The molecular weight excluding hydrogens is 324 g/mol. The number of anilines is 1. The van der Waals surface area contributed by atoms with Gasteiger partial charge in [0.15, 0.2) is 0 Å². The number of sulfonamides is 1. The Hall–Kier alpha value is -2.05. The number of para-hydroxylation sites is 1. The van der Waals surface area contributed by atoms with Gasteiger partial charge in [0.25, 0.3) is 0 Å². The van der Waals surface area contributed by atoms with E-state index in [2.05, 4.69) is 25.5 Å². The molecule has 2 aromatic rings. The van der Waals surface area contributed by atoms with Gasteiger partial charge in [0, 0.05) is 12.2 Å². The fraction of sp³-hybridized carbons (Fsp3) is 0.333. The Bertz CT molecular complexity index is 779. The van der Waals surface area contributed by atoms with Gasteiger partial charge in [0.05, 0.1) is 4.90 Å². The highest BCUT2D eigenvalue weighted by Gasteiger charge is 2.18. The quantitative estimate of drug-likeness (QED) is 0.621. The predicted molar refractivity (Wildman–Crippen MR) is 96.7 cm³/mol. The molecule has 0 aliphatic carbocycles. The molecule has 130 valence electrons. The van der Waals surface area contributed by atoms with Gasteiger partial charge in [-0.25, -0.2) is 13.1 Å². The molecule has 2 rings (SSSR count). The second-order valence-corrected chi connectivity index (χ2v) is 8.33. The number of nitrogens with one attached hydrogen (secondary N) is 1. The summed E-state index contributed by atoms with van der Waals surface area (Å²) in [5.74, 6) is 0.775. The molecule has 0 radical (unpaired) electrons. The van der Waals surface area contributed by atoms with E-state index in [-0.39, 0.29) is 23.5 Å². The number of nitrogens with two attached hydrogens (primary N) is 1. The van der Waals surface area contributed by atoms with Crippen LogP contribution in [0.2, 0.25) is 0 Å². The Morgan fingerprint density at radius 2 is 1.67 bits per heavy atom. The first kappa shape index (κ1) is 18.3. The van der Waals surface area contributed by atoms with E-state index in [4.69, 9.17) is 10.5 Å². The second-order valence-electron chi connectivity index (χ2n) is 6.56. The van der Waals surface area contributed by atoms with Gasteiger partial charge in [-0.15, -0.1) is 0 Å². The van der Waals surface area contributed by atoms with E-state index in [1.807, 2.05) is 24.3 Å². The largest absolute Gasteiger partial charge is 0.492 e. The first-order valence-corrected chi connectivity index (χ1v) is 9.26. The van der Waals surface area contributed by atoms with Gasteiger partial charge in [-0.2, -0.15) is 0 Å². The van der Waals surface area contributed by atoms with Crippen molar-refractivity contribution in [3.8, 4) is 5.75 Å². The molecule has 0 aliphatic heterocycles. The number of hydrogen-bond acceptors (Lipinski definition) is 4. The monoisotopic (exact) mass is 348 g/mol. The zero-order valence-electron chi connectivity index (χ0n) is 14.2. The maximum absolute atomic E-state index is 12.2. The van der Waals surface area contributed by atoms with Crippen molar-refractivity contribution in [3.05, 3.63) is 54.1 Å². The van der Waals surface area contributed by atoms with Crippen molar-refractivity contribution >= 4 is 15.7 Å². The minimum atomic E-state index is -3.56. The molecule has 0 aromatic heterocycles. The Morgan fingerprint density at radius 1 is 1.04 bits per heavy atom. The van der Waals surface area contributed by atoms with Crippen molar-refractivity contribution in [2.45, 2.75) is 31.1 Å². The third kappa shape index (κ3) is 4.72. The van der Waals surface area contributed by atoms with E-state index in [1.54, 1.807) is 12.1 Å². The van der Waals surface area contributed by atoms with Gasteiger partial charge >= 0.3 is 0 Å². The molecule has 5 nitrogen and oxygen atoms in total. The van der Waals surface area contributed by atoms with Gasteiger partial charge < -0.3 is 10.5 Å². The number of rotatable bonds is 6. The number of nitrogen functional groups attached to an aromatic ring is 1. The van der Waals surface area contributed by atoms with Crippen LogP contribution in [0.1, 0.15) is 26.3 Å². The second kappa shape index (κ2) is 7.23. The van der Waals surface area contributed by atoms with Crippen LogP contribution >= 0.6 is 0 Å². The third-order valence-corrected chi connectivity index (χ3v) is 5.01. The van der Waals surface area contributed by atoms with Crippen molar-refractivity contribution in [2.75, 3.05) is 18.9 Å². The van der Waals surface area contributed by atoms with Crippen LogP contribution < -0.4 is 15.2 Å². The summed E-state index contributed by atoms with van der Waals surface area (Å²) in [6.07, 6.45) is 0. The van der Waals surface area contributed by atoms with Crippen molar-refractivity contribution < 1.29 is 13.2 Å². The lowest BCUT2D eigenvalue weighted by Crippen LogP contribution is -2.28. The third-order valence-electron chi connectivity index (χ3n) is 3.54. The molecule has 0 spiro atoms. The maximum Gasteiger partial charge on any atom is 0.240 e. The molecule has 0 atom stereocenters. The molecule has 0 unspecified atom stereocenters. The molecule has 0 bridgehead atoms. The molecule has 0 saturated carbocycles. The van der Waals surface area contributed by atoms with Crippen LogP contribution in [0.3, 0.4) is 0 Å². The van der Waals surface area contributed by atoms with Crippen molar-refractivity contribution in [1.29, 1.82) is 0 Å². The summed E-state index contributed by atoms with van der Waals surface area (Å²) >= 11 is 0. The average Bonchev–Trinajstić information content (AvgIpc) is 2.51. The van der Waals surface area contributed by atoms with Gasteiger partial charge in [0.2, 0.25) is 10.0 Å². The summed E-state index contributed by atoms with van der Waals surface area (Å²) in [5, 5.41) is 0. The van der Waals surface area contributed by atoms with Crippen LogP contribution in [0.25, 0.3) is 0 Å².